The number of aromatic nitrogens is 3. The molecule has 0 unspecified atom stereocenters. The molecule has 2 heterocycles. The van der Waals surface area contributed by atoms with Crippen molar-refractivity contribution in [1.82, 2.24) is 20.1 Å². The van der Waals surface area contributed by atoms with Crippen LogP contribution in [0.3, 0.4) is 0 Å². The minimum Gasteiger partial charge on any atom is -0.490 e. The van der Waals surface area contributed by atoms with Crippen LogP contribution in [-0.4, -0.2) is 50.9 Å². The predicted octanol–water partition coefficient (Wildman–Crippen LogP) is 4.50. The Morgan fingerprint density at radius 3 is 2.85 bits per heavy atom. The molecule has 2 N–H and O–H groups in total. The molecule has 0 spiro atoms. The van der Waals surface area contributed by atoms with Crippen molar-refractivity contribution >= 4 is 16.8 Å². The van der Waals surface area contributed by atoms with Gasteiger partial charge in [0.2, 0.25) is 0 Å². The van der Waals surface area contributed by atoms with E-state index >= 15 is 0 Å². The highest BCUT2D eigenvalue weighted by molar-refractivity contribution is 5.96. The maximum atomic E-state index is 13.8. The Labute approximate surface area is 196 Å². The Balaban J connectivity index is 1.49. The Bertz CT molecular complexity index is 1330. The maximum Gasteiger partial charge on any atom is 0.254 e. The molecule has 0 aliphatic heterocycles. The number of rotatable bonds is 8. The van der Waals surface area contributed by atoms with Crippen molar-refractivity contribution in [3.63, 3.8) is 0 Å². The van der Waals surface area contributed by atoms with E-state index in [2.05, 4.69) is 15.2 Å². The molecule has 0 radical (unpaired) electrons. The summed E-state index contributed by atoms with van der Waals surface area (Å²) in [6.07, 6.45) is 7.44. The Morgan fingerprint density at radius 2 is 2.09 bits per heavy atom. The van der Waals surface area contributed by atoms with Crippen LogP contribution in [0.4, 0.5) is 4.39 Å². The third-order valence-electron chi connectivity index (χ3n) is 6.12. The molecule has 5 rings (SSSR count). The number of amides is 1. The molecule has 2 aromatic heterocycles. The first-order valence-electron chi connectivity index (χ1n) is 11.3. The van der Waals surface area contributed by atoms with Crippen molar-refractivity contribution in [1.29, 1.82) is 0 Å². The number of aromatic amines is 1. The fourth-order valence-corrected chi connectivity index (χ4v) is 4.18. The number of aliphatic hydroxyl groups excluding tert-OH is 1. The summed E-state index contributed by atoms with van der Waals surface area (Å²) < 4.78 is 20.0. The van der Waals surface area contributed by atoms with Crippen LogP contribution in [0.2, 0.25) is 0 Å². The topological polar surface area (TPSA) is 91.3 Å². The van der Waals surface area contributed by atoms with Crippen molar-refractivity contribution in [2.75, 3.05) is 13.7 Å². The Kier molecular flexibility index (Phi) is 5.98. The van der Waals surface area contributed by atoms with Crippen LogP contribution in [0, 0.1) is 5.82 Å². The Morgan fingerprint density at radius 1 is 1.24 bits per heavy atom. The van der Waals surface area contributed by atoms with Crippen LogP contribution in [0.25, 0.3) is 22.0 Å². The zero-order chi connectivity index (χ0) is 23.7. The van der Waals surface area contributed by atoms with E-state index in [0.717, 1.165) is 34.9 Å². The van der Waals surface area contributed by atoms with E-state index in [-0.39, 0.29) is 24.4 Å². The van der Waals surface area contributed by atoms with Crippen LogP contribution in [0.5, 0.6) is 5.75 Å². The van der Waals surface area contributed by atoms with E-state index in [0.29, 0.717) is 23.3 Å². The summed E-state index contributed by atoms with van der Waals surface area (Å²) in [5.41, 5.74) is 3.45. The summed E-state index contributed by atoms with van der Waals surface area (Å²) >= 11 is 0. The second-order valence-electron chi connectivity index (χ2n) is 8.55. The van der Waals surface area contributed by atoms with E-state index in [4.69, 9.17) is 4.74 Å². The highest BCUT2D eigenvalue weighted by Crippen LogP contribution is 2.37. The first-order chi connectivity index (χ1) is 16.5. The molecule has 0 saturated heterocycles. The standard InChI is InChI=1S/C26H25FN4O3/c1-31(23(9-10-32)22-15-28-13-18-14-29-30-25(18)22)26(33)17-5-8-21(16-3-2-4-19(27)11-16)24(12-17)34-20-6-7-20/h2-5,8,11-15,20,23,32H,6-7,9-10H2,1H3,(H,29,30)/t23-/m0/s1. The molecular weight excluding hydrogens is 435 g/mol. The van der Waals surface area contributed by atoms with E-state index < -0.39 is 6.04 Å². The van der Waals surface area contributed by atoms with Gasteiger partial charge in [-0.25, -0.2) is 4.39 Å². The van der Waals surface area contributed by atoms with Gasteiger partial charge in [0.05, 0.1) is 23.9 Å². The van der Waals surface area contributed by atoms with E-state index in [1.54, 1.807) is 54.8 Å². The van der Waals surface area contributed by atoms with Gasteiger partial charge in [-0.1, -0.05) is 12.1 Å². The van der Waals surface area contributed by atoms with Gasteiger partial charge < -0.3 is 14.7 Å². The van der Waals surface area contributed by atoms with Crippen molar-refractivity contribution < 1.29 is 19.0 Å². The minimum absolute atomic E-state index is 0.0959. The van der Waals surface area contributed by atoms with Crippen molar-refractivity contribution in [2.24, 2.45) is 0 Å². The largest absolute Gasteiger partial charge is 0.490 e. The molecule has 1 amide bonds. The predicted molar refractivity (Wildman–Crippen MR) is 126 cm³/mol. The zero-order valence-corrected chi connectivity index (χ0v) is 18.7. The number of carbonyl (C=O) groups is 1. The lowest BCUT2D eigenvalue weighted by Gasteiger charge is -2.28. The number of H-pyrrole nitrogens is 1. The van der Waals surface area contributed by atoms with Gasteiger partial charge in [-0.15, -0.1) is 0 Å². The first-order valence-corrected chi connectivity index (χ1v) is 11.3. The lowest BCUT2D eigenvalue weighted by Crippen LogP contribution is -2.32. The molecule has 1 aliphatic rings. The summed E-state index contributed by atoms with van der Waals surface area (Å²) in [7, 11) is 1.71. The molecule has 7 nitrogen and oxygen atoms in total. The van der Waals surface area contributed by atoms with Gasteiger partial charge in [0.25, 0.3) is 5.91 Å². The summed E-state index contributed by atoms with van der Waals surface area (Å²) in [6.45, 7) is -0.0959. The smallest absolute Gasteiger partial charge is 0.254 e. The molecule has 4 aromatic rings. The SMILES string of the molecule is CN(C(=O)c1ccc(-c2cccc(F)c2)c(OC2CC2)c1)[C@@H](CCO)c1cncc2cn[nH]c12. The number of benzene rings is 2. The number of hydrogen-bond donors (Lipinski definition) is 2. The van der Waals surface area contributed by atoms with Gasteiger partial charge in [-0.05, 0) is 55.2 Å². The van der Waals surface area contributed by atoms with Crippen molar-refractivity contribution in [2.45, 2.75) is 31.4 Å². The number of nitrogens with zero attached hydrogens (tertiary/aromatic N) is 3. The average molecular weight is 461 g/mol. The van der Waals surface area contributed by atoms with Crippen molar-refractivity contribution in [3.8, 4) is 16.9 Å². The third kappa shape index (κ3) is 4.36. The normalized spacial score (nSPS) is 14.2. The van der Waals surface area contributed by atoms with E-state index in [1.807, 2.05) is 6.07 Å². The Hall–Kier alpha value is -3.78. The highest BCUT2D eigenvalue weighted by Gasteiger charge is 2.28. The first kappa shape index (κ1) is 22.0. The maximum absolute atomic E-state index is 13.8. The fourth-order valence-electron chi connectivity index (χ4n) is 4.18. The molecule has 1 atom stereocenters. The lowest BCUT2D eigenvalue weighted by atomic mass is 9.99. The van der Waals surface area contributed by atoms with Gasteiger partial charge in [0, 0.05) is 48.1 Å². The van der Waals surface area contributed by atoms with Crippen LogP contribution in [0.1, 0.15) is 41.2 Å². The van der Waals surface area contributed by atoms with Crippen LogP contribution in [0.15, 0.2) is 61.1 Å². The molecule has 8 heteroatoms. The highest BCUT2D eigenvalue weighted by atomic mass is 19.1. The fraction of sp³-hybridized carbons (Fsp3) is 0.269. The minimum atomic E-state index is -0.412. The van der Waals surface area contributed by atoms with Gasteiger partial charge >= 0.3 is 0 Å². The third-order valence-corrected chi connectivity index (χ3v) is 6.12. The van der Waals surface area contributed by atoms with Gasteiger partial charge in [-0.3, -0.25) is 14.9 Å². The molecule has 1 fully saturated rings. The number of pyridine rings is 1. The quantitative estimate of drug-likeness (QED) is 0.404. The number of carbonyl (C=O) groups excluding carboxylic acids is 1. The molecule has 34 heavy (non-hydrogen) atoms. The summed E-state index contributed by atoms with van der Waals surface area (Å²) in [5.74, 6) is 0.00740. The van der Waals surface area contributed by atoms with Gasteiger partial charge in [0.15, 0.2) is 0 Å². The summed E-state index contributed by atoms with van der Waals surface area (Å²) in [6, 6.07) is 11.2. The average Bonchev–Trinajstić information content (AvgIpc) is 3.53. The summed E-state index contributed by atoms with van der Waals surface area (Å²) in [5, 5.41) is 17.6. The number of halogens is 1. The molecular formula is C26H25FN4O3. The second kappa shape index (κ2) is 9.23. The molecule has 1 saturated carbocycles. The van der Waals surface area contributed by atoms with Crippen LogP contribution < -0.4 is 4.74 Å². The molecule has 174 valence electrons. The second-order valence-corrected chi connectivity index (χ2v) is 8.55. The van der Waals surface area contributed by atoms with Gasteiger partial charge in [-0.2, -0.15) is 5.10 Å². The van der Waals surface area contributed by atoms with E-state index in [1.165, 1.54) is 12.1 Å². The number of fused-ring (bicyclic) bond motifs is 1. The zero-order valence-electron chi connectivity index (χ0n) is 18.7. The summed E-state index contributed by atoms with van der Waals surface area (Å²) in [4.78, 5) is 19.4. The molecule has 0 bridgehead atoms. The molecule has 2 aromatic carbocycles. The lowest BCUT2D eigenvalue weighted by molar-refractivity contribution is 0.0705. The van der Waals surface area contributed by atoms with Crippen molar-refractivity contribution in [3.05, 3.63) is 78.0 Å². The number of ether oxygens (including phenoxy) is 1. The van der Waals surface area contributed by atoms with Gasteiger partial charge in [0.1, 0.15) is 11.6 Å². The molecule has 1 aliphatic carbocycles. The number of nitrogens with one attached hydrogen (secondary N) is 1. The van der Waals surface area contributed by atoms with Crippen LogP contribution >= 0.6 is 0 Å². The monoisotopic (exact) mass is 460 g/mol. The number of hydrogen-bond acceptors (Lipinski definition) is 5. The van der Waals surface area contributed by atoms with Crippen LogP contribution in [-0.2, 0) is 0 Å². The number of aliphatic hydroxyl groups is 1. The van der Waals surface area contributed by atoms with E-state index in [9.17, 15) is 14.3 Å².